The highest BCUT2D eigenvalue weighted by molar-refractivity contribution is 7.97. The van der Waals surface area contributed by atoms with E-state index in [2.05, 4.69) is 66.0 Å². The third-order valence-electron chi connectivity index (χ3n) is 7.78. The van der Waals surface area contributed by atoms with Gasteiger partial charge >= 0.3 is 0 Å². The number of rotatable bonds is 10. The first-order valence-corrected chi connectivity index (χ1v) is 16.1. The van der Waals surface area contributed by atoms with Gasteiger partial charge in [-0.05, 0) is 132 Å². The lowest BCUT2D eigenvalue weighted by molar-refractivity contribution is 0.0680. The first-order valence-electron chi connectivity index (χ1n) is 14.5. The second-order valence-corrected chi connectivity index (χ2v) is 14.6. The quantitative estimate of drug-likeness (QED) is 0.260. The number of nitrogens with one attached hydrogen (secondary N) is 2. The van der Waals surface area contributed by atoms with Crippen LogP contribution in [0.25, 0.3) is 11.3 Å². The first-order chi connectivity index (χ1) is 18.0. The molecule has 2 heterocycles. The zero-order valence-electron chi connectivity index (χ0n) is 24.4. The summed E-state index contributed by atoms with van der Waals surface area (Å²) in [6.45, 7) is 16.4. The van der Waals surface area contributed by atoms with Crippen LogP contribution in [0.3, 0.4) is 0 Å². The Balaban J connectivity index is 1.63. The van der Waals surface area contributed by atoms with Gasteiger partial charge < -0.3 is 14.4 Å². The van der Waals surface area contributed by atoms with Crippen molar-refractivity contribution in [3.8, 4) is 11.3 Å². The number of nitrogens with zero attached hydrogens (tertiary/aromatic N) is 1. The molecule has 2 aliphatic rings. The maximum atomic E-state index is 11.1. The summed E-state index contributed by atoms with van der Waals surface area (Å²) >= 11 is 3.39. The molecule has 38 heavy (non-hydrogen) atoms. The molecule has 2 fully saturated rings. The molecule has 1 aromatic heterocycles. The summed E-state index contributed by atoms with van der Waals surface area (Å²) in [7, 11) is 0. The smallest absolute Gasteiger partial charge is 0.0852 e. The Morgan fingerprint density at radius 3 is 2.29 bits per heavy atom. The van der Waals surface area contributed by atoms with Crippen LogP contribution in [0.15, 0.2) is 34.1 Å². The molecule has 4 rings (SSSR count). The normalized spacial score (nSPS) is 18.3. The van der Waals surface area contributed by atoms with Crippen LogP contribution in [0, 0.1) is 18.8 Å². The third kappa shape index (κ3) is 8.28. The molecule has 0 radical (unpaired) electrons. The van der Waals surface area contributed by atoms with Crippen LogP contribution in [0.5, 0.6) is 0 Å². The Morgan fingerprint density at radius 2 is 1.63 bits per heavy atom. The summed E-state index contributed by atoms with van der Waals surface area (Å²) < 4.78 is 15.3. The molecule has 3 N–H and O–H groups in total. The Kier molecular flexibility index (Phi) is 10.4. The molecule has 1 aliphatic carbocycles. The second kappa shape index (κ2) is 13.1. The van der Waals surface area contributed by atoms with Gasteiger partial charge in [0.15, 0.2) is 0 Å². The summed E-state index contributed by atoms with van der Waals surface area (Å²) in [4.78, 5) is 2.38. The molecule has 1 aromatic carbocycles. The topological polar surface area (TPSA) is 58.4 Å². The second-order valence-electron chi connectivity index (χ2n) is 12.8. The van der Waals surface area contributed by atoms with Crippen LogP contribution < -0.4 is 9.44 Å². The van der Waals surface area contributed by atoms with E-state index in [1.807, 2.05) is 13.8 Å². The number of aromatic nitrogens is 1. The lowest BCUT2D eigenvalue weighted by Crippen LogP contribution is -2.30. The molecule has 5 nitrogen and oxygen atoms in total. The number of hydrogen-bond donors (Lipinski definition) is 3. The van der Waals surface area contributed by atoms with E-state index in [9.17, 15) is 5.11 Å². The van der Waals surface area contributed by atoms with Crippen LogP contribution in [0.2, 0.25) is 0 Å². The van der Waals surface area contributed by atoms with E-state index in [0.717, 1.165) is 55.5 Å². The highest BCUT2D eigenvalue weighted by Gasteiger charge is 2.25. The zero-order valence-corrected chi connectivity index (χ0v) is 26.0. The van der Waals surface area contributed by atoms with E-state index >= 15 is 0 Å². The fraction of sp³-hybridized carbons (Fsp3) is 0.677. The highest BCUT2D eigenvalue weighted by Crippen LogP contribution is 2.38. The molecule has 2 aromatic rings. The van der Waals surface area contributed by atoms with Crippen LogP contribution in [-0.2, 0) is 16.9 Å². The molecule has 0 atom stereocenters. The standard InChI is InChI=1S/C31H49N3O2S2/c1-22-29(37-32-20-23-14-16-36-17-15-23)19-27(34(22)21-24-10-8-7-9-11-24)25-12-13-28(38-33-30(2,3)4)26(18-25)31(5,6)35/h12-13,18-19,23-24,32-33,35H,7-11,14-17,20-21H2,1-6H3. The average molecular weight is 560 g/mol. The fourth-order valence-corrected chi connectivity index (χ4v) is 7.35. The minimum atomic E-state index is -0.934. The van der Waals surface area contributed by atoms with E-state index in [1.54, 1.807) is 23.9 Å². The summed E-state index contributed by atoms with van der Waals surface area (Å²) in [5.41, 5.74) is 3.79. The lowest BCUT2D eigenvalue weighted by Gasteiger charge is -2.26. The summed E-state index contributed by atoms with van der Waals surface area (Å²) in [6, 6.07) is 8.99. The highest BCUT2D eigenvalue weighted by atomic mass is 32.2. The molecular weight excluding hydrogens is 510 g/mol. The van der Waals surface area contributed by atoms with Gasteiger partial charge in [-0.3, -0.25) is 9.44 Å². The molecule has 1 aliphatic heterocycles. The largest absolute Gasteiger partial charge is 0.386 e. The number of benzene rings is 1. The molecule has 0 spiro atoms. The minimum Gasteiger partial charge on any atom is -0.386 e. The van der Waals surface area contributed by atoms with Gasteiger partial charge in [-0.1, -0.05) is 25.3 Å². The minimum absolute atomic E-state index is 0.0181. The summed E-state index contributed by atoms with van der Waals surface area (Å²) in [5, 5.41) is 11.1. The Morgan fingerprint density at radius 1 is 0.921 bits per heavy atom. The van der Waals surface area contributed by atoms with Gasteiger partial charge in [0.05, 0.1) is 5.60 Å². The van der Waals surface area contributed by atoms with Gasteiger partial charge in [-0.2, -0.15) is 0 Å². The van der Waals surface area contributed by atoms with Gasteiger partial charge in [-0.25, -0.2) is 0 Å². The van der Waals surface area contributed by atoms with Gasteiger partial charge in [0, 0.05) is 53.0 Å². The lowest BCUT2D eigenvalue weighted by atomic mass is 9.89. The Bertz CT molecular complexity index is 1040. The van der Waals surface area contributed by atoms with Crippen LogP contribution in [0.4, 0.5) is 0 Å². The van der Waals surface area contributed by atoms with Gasteiger partial charge in [0.2, 0.25) is 0 Å². The molecule has 0 amide bonds. The summed E-state index contributed by atoms with van der Waals surface area (Å²) in [5.74, 6) is 1.43. The van der Waals surface area contributed by atoms with Crippen LogP contribution in [0.1, 0.15) is 90.8 Å². The molecule has 1 saturated heterocycles. The van der Waals surface area contributed by atoms with E-state index in [-0.39, 0.29) is 5.54 Å². The number of aliphatic hydroxyl groups is 1. The van der Waals surface area contributed by atoms with Crippen molar-refractivity contribution in [2.75, 3.05) is 19.8 Å². The third-order valence-corrected chi connectivity index (χ3v) is 10.0. The molecule has 1 saturated carbocycles. The predicted octanol–water partition coefficient (Wildman–Crippen LogP) is 7.69. The van der Waals surface area contributed by atoms with Gasteiger partial charge in [-0.15, -0.1) is 0 Å². The van der Waals surface area contributed by atoms with Crippen LogP contribution >= 0.6 is 23.9 Å². The van der Waals surface area contributed by atoms with Crippen molar-refractivity contribution in [3.05, 3.63) is 35.5 Å². The Hall–Kier alpha value is -0.960. The van der Waals surface area contributed by atoms with Gasteiger partial charge in [0.25, 0.3) is 0 Å². The summed E-state index contributed by atoms with van der Waals surface area (Å²) in [6.07, 6.45) is 9.02. The number of hydrogen-bond acceptors (Lipinski definition) is 6. The van der Waals surface area contributed by atoms with Crippen LogP contribution in [-0.4, -0.2) is 35.0 Å². The van der Waals surface area contributed by atoms with E-state index in [1.165, 1.54) is 54.0 Å². The molecule has 7 heteroatoms. The van der Waals surface area contributed by atoms with Crippen molar-refractivity contribution < 1.29 is 9.84 Å². The van der Waals surface area contributed by atoms with Crippen molar-refractivity contribution in [3.63, 3.8) is 0 Å². The predicted molar refractivity (Wildman–Crippen MR) is 163 cm³/mol. The average Bonchev–Trinajstić information content (AvgIpc) is 3.18. The fourth-order valence-electron chi connectivity index (χ4n) is 5.48. The molecule has 0 bridgehead atoms. The number of ether oxygens (including phenoxy) is 1. The van der Waals surface area contributed by atoms with Crippen molar-refractivity contribution >= 4 is 23.9 Å². The SMILES string of the molecule is Cc1c(SNCC2CCOCC2)cc(-c2ccc(SNC(C)(C)C)c(C(C)(C)O)c2)n1CC1CCCCC1. The van der Waals surface area contributed by atoms with Crippen molar-refractivity contribution in [2.24, 2.45) is 11.8 Å². The molecular formula is C31H49N3O2S2. The Labute approximate surface area is 239 Å². The van der Waals surface area contributed by atoms with Crippen molar-refractivity contribution in [1.29, 1.82) is 0 Å². The van der Waals surface area contributed by atoms with Crippen molar-refractivity contribution in [1.82, 2.24) is 14.0 Å². The monoisotopic (exact) mass is 559 g/mol. The van der Waals surface area contributed by atoms with Crippen molar-refractivity contribution in [2.45, 2.75) is 114 Å². The van der Waals surface area contributed by atoms with Gasteiger partial charge in [0.1, 0.15) is 0 Å². The maximum Gasteiger partial charge on any atom is 0.0852 e. The van der Waals surface area contributed by atoms with E-state index in [4.69, 9.17) is 4.74 Å². The first kappa shape index (κ1) is 30.0. The van der Waals surface area contributed by atoms with E-state index in [0.29, 0.717) is 5.92 Å². The molecule has 212 valence electrons. The van der Waals surface area contributed by atoms with E-state index < -0.39 is 5.60 Å². The maximum absolute atomic E-state index is 11.1. The molecule has 0 unspecified atom stereocenters. The zero-order chi connectivity index (χ0) is 27.3.